The number of aliphatic carboxylic acids is 1. The van der Waals surface area contributed by atoms with Gasteiger partial charge in [-0.25, -0.2) is 4.79 Å². The van der Waals surface area contributed by atoms with Gasteiger partial charge in [0.05, 0.1) is 32.7 Å². The van der Waals surface area contributed by atoms with E-state index in [4.69, 9.17) is 23.7 Å². The lowest BCUT2D eigenvalue weighted by atomic mass is 9.74. The third kappa shape index (κ3) is 8.41. The second-order valence-corrected chi connectivity index (χ2v) is 16.3. The minimum absolute atomic E-state index is 0.0317. The topological polar surface area (TPSA) is 142 Å². The van der Waals surface area contributed by atoms with Gasteiger partial charge in [0.25, 0.3) is 0 Å². The molecule has 0 bridgehead atoms. The van der Waals surface area contributed by atoms with Crippen molar-refractivity contribution in [2.75, 3.05) is 20.8 Å². The molecule has 1 atom stereocenters. The number of ether oxygens (including phenoxy) is 5. The first-order valence-corrected chi connectivity index (χ1v) is 19.7. The number of carboxylic acids is 1. The van der Waals surface area contributed by atoms with Gasteiger partial charge in [-0.05, 0) is 72.9 Å². The van der Waals surface area contributed by atoms with E-state index in [2.05, 4.69) is 22.8 Å². The third-order valence-corrected chi connectivity index (χ3v) is 10.9. The third-order valence-electron chi connectivity index (χ3n) is 10.9. The molecule has 0 aromatic heterocycles. The highest BCUT2D eigenvalue weighted by atomic mass is 16.5. The number of hydrogen-bond donors (Lipinski definition) is 3. The highest BCUT2D eigenvalue weighted by Crippen LogP contribution is 2.53. The molecule has 0 unspecified atom stereocenters. The number of methoxy groups -OCH3 is 2. The Hall–Kier alpha value is -6.49. The van der Waals surface area contributed by atoms with E-state index in [1.54, 1.807) is 6.07 Å². The van der Waals surface area contributed by atoms with Crippen LogP contribution < -0.4 is 29.6 Å². The predicted octanol–water partition coefficient (Wildman–Crippen LogP) is 8.71. The molecular formula is C48H50N2O9. The molecule has 11 nitrogen and oxygen atoms in total. The Morgan fingerprint density at radius 3 is 1.90 bits per heavy atom. The zero-order chi connectivity index (χ0) is 42.1. The Kier molecular flexibility index (Phi) is 11.3. The normalized spacial score (nSPS) is 14.0. The van der Waals surface area contributed by atoms with E-state index in [0.717, 1.165) is 38.9 Å². The van der Waals surface area contributed by atoms with Crippen molar-refractivity contribution in [3.05, 3.63) is 136 Å². The minimum atomic E-state index is -1.03. The van der Waals surface area contributed by atoms with Gasteiger partial charge in [0.1, 0.15) is 47.0 Å². The maximum Gasteiger partial charge on any atom is 0.407 e. The number of carbonyl (C=O) groups excluding carboxylic acids is 2. The molecule has 1 aliphatic carbocycles. The number of hydrogen-bond acceptors (Lipinski definition) is 8. The molecule has 306 valence electrons. The SMILES string of the molecule is COc1ccc2c(c1CNC(=O)[C@H](Cc1ccc(OC(C)(C)C)cc1)NC(=O)OCC1c3ccccc3-c3ccccc31)Oc1c(ccc(OC)c1CC(=O)O)C2(C)C. The second kappa shape index (κ2) is 16.4. The summed E-state index contributed by atoms with van der Waals surface area (Å²) >= 11 is 0. The predicted molar refractivity (Wildman–Crippen MR) is 224 cm³/mol. The van der Waals surface area contributed by atoms with Crippen LogP contribution in [-0.4, -0.2) is 55.5 Å². The van der Waals surface area contributed by atoms with Crippen LogP contribution in [0.25, 0.3) is 11.1 Å². The fourth-order valence-electron chi connectivity index (χ4n) is 8.13. The average Bonchev–Trinajstić information content (AvgIpc) is 3.52. The molecule has 0 spiro atoms. The summed E-state index contributed by atoms with van der Waals surface area (Å²) in [4.78, 5) is 39.9. The summed E-state index contributed by atoms with van der Waals surface area (Å²) in [6, 6.07) is 30.0. The zero-order valence-electron chi connectivity index (χ0n) is 34.4. The first kappa shape index (κ1) is 40.7. The molecule has 3 N–H and O–H groups in total. The van der Waals surface area contributed by atoms with Crippen LogP contribution in [-0.2, 0) is 39.1 Å². The number of alkyl carbamates (subject to hydrolysis) is 1. The summed E-state index contributed by atoms with van der Waals surface area (Å²) < 4.78 is 29.8. The molecule has 0 radical (unpaired) electrons. The number of fused-ring (bicyclic) bond motifs is 5. The van der Waals surface area contributed by atoms with Gasteiger partial charge in [-0.2, -0.15) is 0 Å². The molecule has 11 heteroatoms. The highest BCUT2D eigenvalue weighted by Gasteiger charge is 2.39. The molecule has 7 rings (SSSR count). The fraction of sp³-hybridized carbons (Fsp3) is 0.312. The number of carbonyl (C=O) groups is 3. The van der Waals surface area contributed by atoms with E-state index < -0.39 is 35.0 Å². The lowest BCUT2D eigenvalue weighted by molar-refractivity contribution is -0.136. The van der Waals surface area contributed by atoms with Gasteiger partial charge in [-0.3, -0.25) is 9.59 Å². The Labute approximate surface area is 344 Å². The molecule has 2 amide bonds. The monoisotopic (exact) mass is 798 g/mol. The molecule has 59 heavy (non-hydrogen) atoms. The van der Waals surface area contributed by atoms with Crippen molar-refractivity contribution >= 4 is 18.0 Å². The first-order valence-electron chi connectivity index (χ1n) is 19.7. The quantitative estimate of drug-likeness (QED) is 0.107. The van der Waals surface area contributed by atoms with Crippen molar-refractivity contribution in [2.24, 2.45) is 0 Å². The fourth-order valence-corrected chi connectivity index (χ4v) is 8.13. The number of nitrogens with one attached hydrogen (secondary N) is 2. The van der Waals surface area contributed by atoms with Crippen molar-refractivity contribution in [2.45, 2.75) is 77.0 Å². The van der Waals surface area contributed by atoms with Gasteiger partial charge in [0.15, 0.2) is 0 Å². The lowest BCUT2D eigenvalue weighted by Gasteiger charge is -2.37. The molecule has 1 aliphatic heterocycles. The van der Waals surface area contributed by atoms with E-state index in [1.165, 1.54) is 14.2 Å². The van der Waals surface area contributed by atoms with E-state index in [1.807, 2.05) is 113 Å². The van der Waals surface area contributed by atoms with Gasteiger partial charge in [0.2, 0.25) is 5.91 Å². The van der Waals surface area contributed by atoms with Gasteiger partial charge < -0.3 is 39.4 Å². The van der Waals surface area contributed by atoms with Gasteiger partial charge in [0, 0.05) is 34.4 Å². The van der Waals surface area contributed by atoms with Crippen LogP contribution in [0.2, 0.25) is 0 Å². The van der Waals surface area contributed by atoms with Crippen LogP contribution in [0.5, 0.6) is 28.7 Å². The molecule has 5 aromatic carbocycles. The van der Waals surface area contributed by atoms with Crippen molar-refractivity contribution in [3.63, 3.8) is 0 Å². The standard InChI is InChI=1S/C48H50N2O9/c1-47(2,3)59-29-18-16-28(17-19-29)24-39(50-46(54)57-27-36-32-14-10-8-12-30(32)31-13-9-11-15-33(31)36)45(53)49-26-35-41(56-7)23-21-38-44(35)58-43-34(25-42(51)52)40(55-6)22-20-37(43)48(38,4)5/h8-23,36,39H,24-27H2,1-7H3,(H,49,53)(H,50,54)(H,51,52)/t39-/m0/s1. The van der Waals surface area contributed by atoms with Crippen molar-refractivity contribution in [3.8, 4) is 39.9 Å². The van der Waals surface area contributed by atoms with Gasteiger partial charge in [-0.1, -0.05) is 86.6 Å². The molecule has 0 fully saturated rings. The van der Waals surface area contributed by atoms with Crippen LogP contribution in [0.4, 0.5) is 4.79 Å². The van der Waals surface area contributed by atoms with Gasteiger partial charge >= 0.3 is 12.1 Å². The molecule has 5 aromatic rings. The zero-order valence-corrected chi connectivity index (χ0v) is 34.4. The van der Waals surface area contributed by atoms with E-state index in [-0.39, 0.29) is 31.9 Å². The van der Waals surface area contributed by atoms with Crippen molar-refractivity contribution in [1.82, 2.24) is 10.6 Å². The number of amides is 2. The van der Waals surface area contributed by atoms with Crippen LogP contribution in [0, 0.1) is 0 Å². The summed E-state index contributed by atoms with van der Waals surface area (Å²) in [7, 11) is 3.02. The Morgan fingerprint density at radius 2 is 1.34 bits per heavy atom. The summed E-state index contributed by atoms with van der Waals surface area (Å²) in [5, 5.41) is 15.7. The summed E-state index contributed by atoms with van der Waals surface area (Å²) in [5.41, 5.74) is 6.74. The van der Waals surface area contributed by atoms with E-state index >= 15 is 0 Å². The molecule has 0 saturated carbocycles. The minimum Gasteiger partial charge on any atom is -0.496 e. The largest absolute Gasteiger partial charge is 0.496 e. The van der Waals surface area contributed by atoms with Crippen LogP contribution in [0.1, 0.15) is 79.5 Å². The maximum absolute atomic E-state index is 14.3. The first-order chi connectivity index (χ1) is 28.2. The molecule has 1 heterocycles. The second-order valence-electron chi connectivity index (χ2n) is 16.3. The van der Waals surface area contributed by atoms with Crippen molar-refractivity contribution < 1.29 is 43.2 Å². The van der Waals surface area contributed by atoms with Crippen LogP contribution in [0.3, 0.4) is 0 Å². The Balaban J connectivity index is 1.15. The summed E-state index contributed by atoms with van der Waals surface area (Å²) in [6.45, 7) is 10.0. The van der Waals surface area contributed by atoms with Gasteiger partial charge in [-0.15, -0.1) is 0 Å². The molecule has 2 aliphatic rings. The highest BCUT2D eigenvalue weighted by molar-refractivity contribution is 5.86. The Bertz CT molecular complexity index is 2350. The number of carboxylic acid groups (broad SMARTS) is 1. The summed E-state index contributed by atoms with van der Waals surface area (Å²) in [5.74, 6) is 0.713. The molecule has 0 saturated heterocycles. The van der Waals surface area contributed by atoms with E-state index in [0.29, 0.717) is 39.9 Å². The van der Waals surface area contributed by atoms with E-state index in [9.17, 15) is 19.5 Å². The average molecular weight is 799 g/mol. The van der Waals surface area contributed by atoms with Crippen LogP contribution in [0.15, 0.2) is 97.1 Å². The maximum atomic E-state index is 14.3. The molecular weight excluding hydrogens is 749 g/mol. The van der Waals surface area contributed by atoms with Crippen molar-refractivity contribution in [1.29, 1.82) is 0 Å². The lowest BCUT2D eigenvalue weighted by Crippen LogP contribution is -2.48. The van der Waals surface area contributed by atoms with Crippen LogP contribution >= 0.6 is 0 Å². The Morgan fingerprint density at radius 1 is 0.780 bits per heavy atom. The summed E-state index contributed by atoms with van der Waals surface area (Å²) in [6.07, 6.45) is -0.887. The number of benzene rings is 5. The smallest absolute Gasteiger partial charge is 0.407 e. The number of rotatable bonds is 13.